The van der Waals surface area contributed by atoms with Crippen molar-refractivity contribution in [2.45, 2.75) is 32.7 Å². The van der Waals surface area contributed by atoms with Gasteiger partial charge in [-0.1, -0.05) is 18.2 Å². The molecule has 1 saturated heterocycles. The number of Topliss-reactive ketones (excluding diaryl/α,β-unsaturated/α-hetero) is 1. The Morgan fingerprint density at radius 2 is 2.09 bits per heavy atom. The molecular weight excluding hydrogens is 290 g/mol. The Labute approximate surface area is 135 Å². The van der Waals surface area contributed by atoms with Crippen LogP contribution in [0.3, 0.4) is 0 Å². The highest BCUT2D eigenvalue weighted by atomic mass is 16.1. The summed E-state index contributed by atoms with van der Waals surface area (Å²) < 4.78 is 0. The second-order valence-corrected chi connectivity index (χ2v) is 6.61. The quantitative estimate of drug-likeness (QED) is 0.731. The molecule has 1 aliphatic heterocycles. The summed E-state index contributed by atoms with van der Waals surface area (Å²) in [5.41, 5.74) is 8.13. The summed E-state index contributed by atoms with van der Waals surface area (Å²) >= 11 is 0. The van der Waals surface area contributed by atoms with E-state index in [0.717, 1.165) is 46.4 Å². The first-order valence-corrected chi connectivity index (χ1v) is 8.24. The lowest BCUT2D eigenvalue weighted by Crippen LogP contribution is -3.18. The van der Waals surface area contributed by atoms with Gasteiger partial charge in [0.2, 0.25) is 11.7 Å². The van der Waals surface area contributed by atoms with Gasteiger partial charge in [-0.3, -0.25) is 9.59 Å². The highest BCUT2D eigenvalue weighted by Gasteiger charge is 2.34. The lowest BCUT2D eigenvalue weighted by atomic mass is 9.94. The van der Waals surface area contributed by atoms with Gasteiger partial charge in [-0.15, -0.1) is 0 Å². The summed E-state index contributed by atoms with van der Waals surface area (Å²) in [4.78, 5) is 29.0. The summed E-state index contributed by atoms with van der Waals surface area (Å²) in [7, 11) is 0. The number of likely N-dealkylation sites (tertiary alicyclic amines) is 1. The SMILES string of the molecule is Cc1[nH]c2ccccc2c1C(=O)[C@@H](C)[NH+]1CCC[C@H](C(N)=O)C1. The third-order valence-corrected chi connectivity index (χ3v) is 5.11. The molecule has 1 aromatic carbocycles. The molecule has 1 fully saturated rings. The number of nitrogens with two attached hydrogens (primary N) is 1. The molecule has 0 spiro atoms. The summed E-state index contributed by atoms with van der Waals surface area (Å²) in [5, 5.41) is 0.977. The number of primary amides is 1. The fourth-order valence-corrected chi connectivity index (χ4v) is 3.73. The van der Waals surface area contributed by atoms with Crippen LogP contribution in [-0.2, 0) is 4.79 Å². The molecule has 5 nitrogen and oxygen atoms in total. The molecule has 1 aliphatic rings. The van der Waals surface area contributed by atoms with Crippen LogP contribution in [-0.4, -0.2) is 35.8 Å². The maximum atomic E-state index is 13.1. The highest BCUT2D eigenvalue weighted by Crippen LogP contribution is 2.23. The lowest BCUT2D eigenvalue weighted by molar-refractivity contribution is -0.920. The number of carbonyl (C=O) groups is 2. The van der Waals surface area contributed by atoms with Crippen LogP contribution in [0.5, 0.6) is 0 Å². The molecule has 1 aromatic heterocycles. The van der Waals surface area contributed by atoms with Gasteiger partial charge in [0.1, 0.15) is 6.04 Å². The predicted octanol–water partition coefficient (Wildman–Crippen LogP) is 0.828. The molecule has 4 N–H and O–H groups in total. The fourth-order valence-electron chi connectivity index (χ4n) is 3.73. The van der Waals surface area contributed by atoms with E-state index in [4.69, 9.17) is 5.73 Å². The number of aromatic amines is 1. The molecule has 0 bridgehead atoms. The average molecular weight is 314 g/mol. The molecule has 0 aliphatic carbocycles. The number of nitrogens with one attached hydrogen (secondary N) is 2. The Balaban J connectivity index is 1.87. The Morgan fingerprint density at radius 3 is 2.83 bits per heavy atom. The van der Waals surface area contributed by atoms with Gasteiger partial charge in [0.05, 0.1) is 24.6 Å². The third kappa shape index (κ3) is 2.88. The number of aryl methyl sites for hydroxylation is 1. The van der Waals surface area contributed by atoms with E-state index < -0.39 is 0 Å². The number of fused-ring (bicyclic) bond motifs is 1. The van der Waals surface area contributed by atoms with E-state index in [1.165, 1.54) is 0 Å². The first-order valence-electron chi connectivity index (χ1n) is 8.24. The standard InChI is InChI=1S/C18H23N3O2/c1-11-16(14-7-3-4-8-15(14)20-11)17(22)12(2)21-9-5-6-13(10-21)18(19)23/h3-4,7-8,12-13,20H,5-6,9-10H2,1-2H3,(H2,19,23)/p+1/t12-,13+/m1/s1. The number of piperidine rings is 1. The number of hydrogen-bond donors (Lipinski definition) is 3. The van der Waals surface area contributed by atoms with Crippen molar-refractivity contribution in [2.24, 2.45) is 11.7 Å². The zero-order valence-corrected chi connectivity index (χ0v) is 13.7. The van der Waals surface area contributed by atoms with Crippen LogP contribution >= 0.6 is 0 Å². The van der Waals surface area contributed by atoms with E-state index in [2.05, 4.69) is 4.98 Å². The fraction of sp³-hybridized carbons (Fsp3) is 0.444. The maximum absolute atomic E-state index is 13.1. The number of rotatable bonds is 4. The predicted molar refractivity (Wildman–Crippen MR) is 89.4 cm³/mol. The van der Waals surface area contributed by atoms with Gasteiger partial charge < -0.3 is 15.6 Å². The largest absolute Gasteiger partial charge is 0.369 e. The van der Waals surface area contributed by atoms with Crippen LogP contribution in [0.2, 0.25) is 0 Å². The molecular formula is C18H24N3O2+. The number of H-pyrrole nitrogens is 1. The molecule has 5 heteroatoms. The Hall–Kier alpha value is -2.14. The molecule has 2 heterocycles. The monoisotopic (exact) mass is 314 g/mol. The van der Waals surface area contributed by atoms with E-state index in [1.54, 1.807) is 0 Å². The van der Waals surface area contributed by atoms with Crippen molar-refractivity contribution in [3.05, 3.63) is 35.5 Å². The minimum Gasteiger partial charge on any atom is -0.369 e. The smallest absolute Gasteiger partial charge is 0.226 e. The Morgan fingerprint density at radius 1 is 1.35 bits per heavy atom. The van der Waals surface area contributed by atoms with E-state index in [1.807, 2.05) is 38.1 Å². The van der Waals surface area contributed by atoms with Crippen molar-refractivity contribution in [3.8, 4) is 0 Å². The third-order valence-electron chi connectivity index (χ3n) is 5.11. The van der Waals surface area contributed by atoms with Gasteiger partial charge in [-0.25, -0.2) is 0 Å². The van der Waals surface area contributed by atoms with Crippen molar-refractivity contribution in [1.29, 1.82) is 0 Å². The summed E-state index contributed by atoms with van der Waals surface area (Å²) in [6.45, 7) is 5.47. The van der Waals surface area contributed by atoms with Crippen molar-refractivity contribution in [2.75, 3.05) is 13.1 Å². The summed E-state index contributed by atoms with van der Waals surface area (Å²) in [6, 6.07) is 7.71. The number of para-hydroxylation sites is 1. The van der Waals surface area contributed by atoms with Crippen molar-refractivity contribution < 1.29 is 14.5 Å². The lowest BCUT2D eigenvalue weighted by Gasteiger charge is -2.32. The second kappa shape index (κ2) is 6.16. The van der Waals surface area contributed by atoms with Crippen LogP contribution in [0, 0.1) is 12.8 Å². The van der Waals surface area contributed by atoms with Gasteiger partial charge in [0.25, 0.3) is 0 Å². The molecule has 2 aromatic rings. The highest BCUT2D eigenvalue weighted by molar-refractivity contribution is 6.10. The van der Waals surface area contributed by atoms with E-state index >= 15 is 0 Å². The minimum atomic E-state index is -0.245. The van der Waals surface area contributed by atoms with Crippen LogP contribution in [0.1, 0.15) is 35.8 Å². The second-order valence-electron chi connectivity index (χ2n) is 6.61. The Kier molecular flexibility index (Phi) is 4.22. The number of ketones is 1. The van der Waals surface area contributed by atoms with Gasteiger partial charge >= 0.3 is 0 Å². The molecule has 3 rings (SSSR count). The van der Waals surface area contributed by atoms with E-state index in [0.29, 0.717) is 6.54 Å². The molecule has 0 saturated carbocycles. The van der Waals surface area contributed by atoms with Crippen LogP contribution < -0.4 is 10.6 Å². The van der Waals surface area contributed by atoms with Crippen LogP contribution in [0.4, 0.5) is 0 Å². The van der Waals surface area contributed by atoms with Crippen LogP contribution in [0.15, 0.2) is 24.3 Å². The van der Waals surface area contributed by atoms with Gasteiger partial charge in [-0.2, -0.15) is 0 Å². The molecule has 3 atom stereocenters. The normalized spacial score (nSPS) is 22.9. The van der Waals surface area contributed by atoms with E-state index in [-0.39, 0.29) is 23.7 Å². The van der Waals surface area contributed by atoms with Crippen molar-refractivity contribution >= 4 is 22.6 Å². The zero-order valence-electron chi connectivity index (χ0n) is 13.7. The van der Waals surface area contributed by atoms with Gasteiger partial charge in [0, 0.05) is 16.6 Å². The first kappa shape index (κ1) is 15.7. The summed E-state index contributed by atoms with van der Waals surface area (Å²) in [6.07, 6.45) is 1.78. The topological polar surface area (TPSA) is 80.4 Å². The maximum Gasteiger partial charge on any atom is 0.226 e. The first-order chi connectivity index (χ1) is 11.0. The minimum absolute atomic E-state index is 0.113. The van der Waals surface area contributed by atoms with E-state index in [9.17, 15) is 9.59 Å². The molecule has 122 valence electrons. The number of aromatic nitrogens is 1. The number of quaternary nitrogens is 1. The molecule has 0 radical (unpaired) electrons. The van der Waals surface area contributed by atoms with Crippen molar-refractivity contribution in [1.82, 2.24) is 4.98 Å². The number of amides is 1. The van der Waals surface area contributed by atoms with Crippen molar-refractivity contribution in [3.63, 3.8) is 0 Å². The number of benzene rings is 1. The van der Waals surface area contributed by atoms with Gasteiger partial charge in [0.15, 0.2) is 0 Å². The molecule has 23 heavy (non-hydrogen) atoms. The van der Waals surface area contributed by atoms with Gasteiger partial charge in [-0.05, 0) is 32.8 Å². The number of hydrogen-bond acceptors (Lipinski definition) is 2. The summed E-state index contributed by atoms with van der Waals surface area (Å²) in [5.74, 6) is -0.219. The number of carbonyl (C=O) groups excluding carboxylic acids is 2. The zero-order chi connectivity index (χ0) is 16.6. The molecule has 1 unspecified atom stereocenters. The Bertz CT molecular complexity index is 750. The van der Waals surface area contributed by atoms with Crippen LogP contribution in [0.25, 0.3) is 10.9 Å². The molecule has 1 amide bonds. The average Bonchev–Trinajstić information content (AvgIpc) is 2.89.